The lowest BCUT2D eigenvalue weighted by Gasteiger charge is -2.26. The summed E-state index contributed by atoms with van der Waals surface area (Å²) in [5.74, 6) is 0.630. The molecule has 1 aromatic heterocycles. The van der Waals surface area contributed by atoms with E-state index in [2.05, 4.69) is 9.88 Å². The van der Waals surface area contributed by atoms with Crippen molar-refractivity contribution in [2.45, 2.75) is 56.6 Å². The van der Waals surface area contributed by atoms with E-state index in [1.165, 1.54) is 25.5 Å². The number of aliphatic hydroxyl groups is 3. The molecule has 8 nitrogen and oxygen atoms in total. The smallest absolute Gasteiger partial charge is 0.351 e. The molecule has 0 saturated carbocycles. The van der Waals surface area contributed by atoms with E-state index < -0.39 is 36.8 Å². The van der Waals surface area contributed by atoms with Gasteiger partial charge < -0.3 is 25.0 Å². The normalized spacial score (nSPS) is 31.7. The average molecular weight is 339 g/mol. The molecule has 0 amide bonds. The summed E-state index contributed by atoms with van der Waals surface area (Å²) in [6, 6.07) is 1.73. The molecule has 0 radical (unpaired) electrons. The Kier molecular flexibility index (Phi) is 5.50. The Bertz CT molecular complexity index is 600. The molecule has 0 unspecified atom stereocenters. The Labute approximate surface area is 140 Å². The SMILES string of the molecule is O=c1nc(N2CCCCCCC2)ccn1[C@H]1O[C@@H](CO)[C@@H](O)[C@@H]1O. The first-order chi connectivity index (χ1) is 11.6. The molecule has 3 heterocycles. The Balaban J connectivity index is 1.78. The molecular formula is C16H25N3O5. The second kappa shape index (κ2) is 7.60. The number of hydrogen-bond donors (Lipinski definition) is 3. The molecule has 3 N–H and O–H groups in total. The highest BCUT2D eigenvalue weighted by molar-refractivity contribution is 5.36. The first-order valence-electron chi connectivity index (χ1n) is 8.58. The van der Waals surface area contributed by atoms with Crippen LogP contribution in [-0.4, -0.2) is 62.9 Å². The molecule has 1 aromatic rings. The van der Waals surface area contributed by atoms with Crippen LogP contribution >= 0.6 is 0 Å². The largest absolute Gasteiger partial charge is 0.394 e. The van der Waals surface area contributed by atoms with Gasteiger partial charge in [-0.1, -0.05) is 19.3 Å². The van der Waals surface area contributed by atoms with E-state index in [4.69, 9.17) is 9.84 Å². The first kappa shape index (κ1) is 17.3. The van der Waals surface area contributed by atoms with Crippen LogP contribution in [0.4, 0.5) is 5.82 Å². The molecule has 4 atom stereocenters. The van der Waals surface area contributed by atoms with Crippen molar-refractivity contribution in [3.63, 3.8) is 0 Å². The van der Waals surface area contributed by atoms with E-state index >= 15 is 0 Å². The molecular weight excluding hydrogens is 314 g/mol. The van der Waals surface area contributed by atoms with Crippen molar-refractivity contribution in [2.75, 3.05) is 24.6 Å². The van der Waals surface area contributed by atoms with Gasteiger partial charge in [-0.25, -0.2) is 4.79 Å². The van der Waals surface area contributed by atoms with Gasteiger partial charge in [-0.15, -0.1) is 0 Å². The summed E-state index contributed by atoms with van der Waals surface area (Å²) in [4.78, 5) is 18.6. The van der Waals surface area contributed by atoms with Crippen LogP contribution in [0.5, 0.6) is 0 Å². The summed E-state index contributed by atoms with van der Waals surface area (Å²) in [5, 5.41) is 29.0. The van der Waals surface area contributed by atoms with Gasteiger partial charge >= 0.3 is 5.69 Å². The molecule has 0 aliphatic carbocycles. The molecule has 0 spiro atoms. The van der Waals surface area contributed by atoms with Crippen LogP contribution in [0.15, 0.2) is 17.1 Å². The van der Waals surface area contributed by atoms with Gasteiger partial charge in [0.05, 0.1) is 6.61 Å². The summed E-state index contributed by atoms with van der Waals surface area (Å²) in [6.45, 7) is 1.33. The Morgan fingerprint density at radius 1 is 1.12 bits per heavy atom. The predicted octanol–water partition coefficient (Wildman–Crippen LogP) is -0.375. The van der Waals surface area contributed by atoms with Gasteiger partial charge in [0.2, 0.25) is 0 Å². The van der Waals surface area contributed by atoms with E-state index in [0.717, 1.165) is 30.5 Å². The first-order valence-corrected chi connectivity index (χ1v) is 8.58. The highest BCUT2D eigenvalue weighted by atomic mass is 16.6. The molecule has 2 aliphatic rings. The summed E-state index contributed by atoms with van der Waals surface area (Å²) in [7, 11) is 0. The van der Waals surface area contributed by atoms with Crippen molar-refractivity contribution in [1.29, 1.82) is 0 Å². The van der Waals surface area contributed by atoms with Crippen LogP contribution in [0.2, 0.25) is 0 Å². The monoisotopic (exact) mass is 339 g/mol. The number of anilines is 1. The van der Waals surface area contributed by atoms with Crippen molar-refractivity contribution in [1.82, 2.24) is 9.55 Å². The summed E-state index contributed by atoms with van der Waals surface area (Å²) >= 11 is 0. The molecule has 24 heavy (non-hydrogen) atoms. The van der Waals surface area contributed by atoms with Gasteiger partial charge in [0.25, 0.3) is 0 Å². The van der Waals surface area contributed by atoms with Gasteiger partial charge in [0, 0.05) is 19.3 Å². The van der Waals surface area contributed by atoms with Crippen LogP contribution < -0.4 is 10.6 Å². The summed E-state index contributed by atoms with van der Waals surface area (Å²) < 4.78 is 6.55. The van der Waals surface area contributed by atoms with Gasteiger partial charge in [-0.05, 0) is 18.9 Å². The van der Waals surface area contributed by atoms with Crippen molar-refractivity contribution >= 4 is 5.82 Å². The van der Waals surface area contributed by atoms with E-state index in [0.29, 0.717) is 5.82 Å². The second-order valence-corrected chi connectivity index (χ2v) is 6.46. The minimum atomic E-state index is -1.28. The summed E-state index contributed by atoms with van der Waals surface area (Å²) in [6.07, 6.45) is 2.86. The van der Waals surface area contributed by atoms with Crippen molar-refractivity contribution in [3.8, 4) is 0 Å². The Hall–Kier alpha value is -1.48. The summed E-state index contributed by atoms with van der Waals surface area (Å²) in [5.41, 5.74) is -0.538. The van der Waals surface area contributed by atoms with Gasteiger partial charge in [-0.3, -0.25) is 4.57 Å². The van der Waals surface area contributed by atoms with E-state index in [1.807, 2.05) is 0 Å². The third kappa shape index (κ3) is 3.46. The number of hydrogen-bond acceptors (Lipinski definition) is 7. The molecule has 8 heteroatoms. The van der Waals surface area contributed by atoms with Gasteiger partial charge in [-0.2, -0.15) is 4.98 Å². The van der Waals surface area contributed by atoms with E-state index in [9.17, 15) is 15.0 Å². The maximum absolute atomic E-state index is 12.4. The fraction of sp³-hybridized carbons (Fsp3) is 0.750. The quantitative estimate of drug-likeness (QED) is 0.689. The highest BCUT2D eigenvalue weighted by Crippen LogP contribution is 2.28. The molecule has 0 bridgehead atoms. The number of nitrogens with zero attached hydrogens (tertiary/aromatic N) is 3. The van der Waals surface area contributed by atoms with Crippen LogP contribution in [-0.2, 0) is 4.74 Å². The van der Waals surface area contributed by atoms with Crippen molar-refractivity contribution in [3.05, 3.63) is 22.7 Å². The zero-order valence-corrected chi connectivity index (χ0v) is 13.6. The molecule has 2 saturated heterocycles. The number of aliphatic hydroxyl groups excluding tert-OH is 3. The lowest BCUT2D eigenvalue weighted by Crippen LogP contribution is -2.37. The van der Waals surface area contributed by atoms with Gasteiger partial charge in [0.15, 0.2) is 6.23 Å². The molecule has 0 aromatic carbocycles. The fourth-order valence-electron chi connectivity index (χ4n) is 3.36. The van der Waals surface area contributed by atoms with Crippen LogP contribution in [0, 0.1) is 0 Å². The Morgan fingerprint density at radius 2 is 1.79 bits per heavy atom. The molecule has 2 fully saturated rings. The van der Waals surface area contributed by atoms with E-state index in [-0.39, 0.29) is 0 Å². The number of rotatable bonds is 3. The minimum Gasteiger partial charge on any atom is -0.394 e. The maximum atomic E-state index is 12.4. The zero-order valence-electron chi connectivity index (χ0n) is 13.6. The topological polar surface area (TPSA) is 108 Å². The lowest BCUT2D eigenvalue weighted by molar-refractivity contribution is -0.0549. The molecule has 134 valence electrons. The average Bonchev–Trinajstić information content (AvgIpc) is 2.82. The van der Waals surface area contributed by atoms with Crippen molar-refractivity contribution in [2.24, 2.45) is 0 Å². The van der Waals surface area contributed by atoms with Crippen LogP contribution in [0.1, 0.15) is 38.3 Å². The number of ether oxygens (including phenoxy) is 1. The standard InChI is InChI=1S/C16H25N3O5/c20-10-11-13(21)14(22)15(24-11)19-9-6-12(17-16(19)23)18-7-4-2-1-3-5-8-18/h6,9,11,13-15,20-22H,1-5,7-8,10H2/t11-,13+,14-,15-/m0/s1. The fourth-order valence-corrected chi connectivity index (χ4v) is 3.36. The second-order valence-electron chi connectivity index (χ2n) is 6.46. The van der Waals surface area contributed by atoms with Gasteiger partial charge in [0.1, 0.15) is 24.1 Å². The maximum Gasteiger partial charge on any atom is 0.351 e. The minimum absolute atomic E-state index is 0.428. The zero-order chi connectivity index (χ0) is 17.1. The lowest BCUT2D eigenvalue weighted by atomic mass is 10.1. The Morgan fingerprint density at radius 3 is 2.38 bits per heavy atom. The molecule has 3 rings (SSSR count). The molecule has 2 aliphatic heterocycles. The highest BCUT2D eigenvalue weighted by Gasteiger charge is 2.43. The number of aromatic nitrogens is 2. The third-order valence-corrected chi connectivity index (χ3v) is 4.79. The van der Waals surface area contributed by atoms with Crippen LogP contribution in [0.25, 0.3) is 0 Å². The van der Waals surface area contributed by atoms with Crippen molar-refractivity contribution < 1.29 is 20.1 Å². The van der Waals surface area contributed by atoms with E-state index in [1.54, 1.807) is 6.07 Å². The predicted molar refractivity (Wildman–Crippen MR) is 86.8 cm³/mol. The van der Waals surface area contributed by atoms with Crippen LogP contribution in [0.3, 0.4) is 0 Å². The third-order valence-electron chi connectivity index (χ3n) is 4.79.